The van der Waals surface area contributed by atoms with Crippen LogP contribution in [0.15, 0.2) is 36.4 Å². The number of aliphatic hydroxyl groups is 1. The molecule has 0 saturated heterocycles. The molecular formula is C25H24F6O6. The summed E-state index contributed by atoms with van der Waals surface area (Å²) in [6.45, 7) is 1.05. The quantitative estimate of drug-likeness (QED) is 0.397. The summed E-state index contributed by atoms with van der Waals surface area (Å²) >= 11 is 0. The summed E-state index contributed by atoms with van der Waals surface area (Å²) < 4.78 is 91.1. The van der Waals surface area contributed by atoms with Crippen LogP contribution in [0.2, 0.25) is 0 Å². The van der Waals surface area contributed by atoms with Crippen molar-refractivity contribution in [2.24, 2.45) is 0 Å². The highest BCUT2D eigenvalue weighted by molar-refractivity contribution is 5.88. The number of methoxy groups -OCH3 is 3. The first-order valence-corrected chi connectivity index (χ1v) is 10.3. The van der Waals surface area contributed by atoms with Crippen LogP contribution in [0.1, 0.15) is 28.4 Å². The molecule has 3 aromatic rings. The molecule has 3 rings (SSSR count). The average Bonchev–Trinajstić information content (AvgIpc) is 2.83. The molecule has 12 heteroatoms. The fourth-order valence-corrected chi connectivity index (χ4v) is 2.76. The molecule has 0 atom stereocenters. The molecule has 0 aliphatic heterocycles. The second-order valence-electron chi connectivity index (χ2n) is 6.92. The second-order valence-corrected chi connectivity index (χ2v) is 6.92. The van der Waals surface area contributed by atoms with Gasteiger partial charge < -0.3 is 24.4 Å². The molecule has 0 aromatic heterocycles. The Kier molecular flexibility index (Phi) is 12.3. The van der Waals surface area contributed by atoms with E-state index < -0.39 is 53.0 Å². The minimum Gasteiger partial charge on any atom is -0.497 e. The van der Waals surface area contributed by atoms with Gasteiger partial charge >= 0.3 is 5.97 Å². The van der Waals surface area contributed by atoms with Crippen molar-refractivity contribution >= 4 is 5.97 Å². The summed E-state index contributed by atoms with van der Waals surface area (Å²) in [5, 5.41) is 16.9. The lowest BCUT2D eigenvalue weighted by atomic mass is 10.1. The third-order valence-electron chi connectivity index (χ3n) is 4.68. The maximum absolute atomic E-state index is 13.0. The van der Waals surface area contributed by atoms with Gasteiger partial charge in [0.25, 0.3) is 0 Å². The predicted molar refractivity (Wildman–Crippen MR) is 121 cm³/mol. The zero-order valence-electron chi connectivity index (χ0n) is 20.2. The average molecular weight is 534 g/mol. The minimum absolute atomic E-state index is 0.0556. The van der Waals surface area contributed by atoms with Crippen molar-refractivity contribution in [2.75, 3.05) is 21.3 Å². The van der Waals surface area contributed by atoms with Gasteiger partial charge in [-0.1, -0.05) is 6.92 Å². The van der Waals surface area contributed by atoms with Gasteiger partial charge in [-0.2, -0.15) is 0 Å². The van der Waals surface area contributed by atoms with Crippen molar-refractivity contribution in [3.63, 3.8) is 0 Å². The standard InChI is InChI=1S/C9H10F2O.C8H6F2O3.C8H8F2O2/c1-3-7-8(10)4-6(12-2)5-9(7)11;1-13-4-2-5(9)7(8(11)12)6(10)3-4;1-12-5-2-7(9)6(4-11)8(10)3-5/h4-5H,3H2,1-2H3;2-3H,1H3,(H,11,12);2-3,11H,4H2,1H3. The smallest absolute Gasteiger partial charge is 0.341 e. The Morgan fingerprint density at radius 1 is 0.649 bits per heavy atom. The van der Waals surface area contributed by atoms with Crippen molar-refractivity contribution in [1.82, 2.24) is 0 Å². The molecule has 0 heterocycles. The van der Waals surface area contributed by atoms with Crippen LogP contribution < -0.4 is 14.2 Å². The van der Waals surface area contributed by atoms with E-state index in [1.807, 2.05) is 0 Å². The van der Waals surface area contributed by atoms with Crippen LogP contribution in [0.25, 0.3) is 0 Å². The van der Waals surface area contributed by atoms with E-state index in [4.69, 9.17) is 14.9 Å². The molecule has 0 bridgehead atoms. The van der Waals surface area contributed by atoms with Crippen LogP contribution in [0.4, 0.5) is 26.3 Å². The maximum atomic E-state index is 13.0. The Hall–Kier alpha value is -3.93. The van der Waals surface area contributed by atoms with E-state index in [2.05, 4.69) is 9.47 Å². The summed E-state index contributed by atoms with van der Waals surface area (Å²) in [5.41, 5.74) is -1.20. The van der Waals surface area contributed by atoms with Gasteiger partial charge in [-0.3, -0.25) is 0 Å². The van der Waals surface area contributed by atoms with Crippen LogP contribution in [0, 0.1) is 34.9 Å². The monoisotopic (exact) mass is 534 g/mol. The van der Waals surface area contributed by atoms with Gasteiger partial charge in [0.2, 0.25) is 0 Å². The van der Waals surface area contributed by atoms with Crippen LogP contribution >= 0.6 is 0 Å². The summed E-state index contributed by atoms with van der Waals surface area (Å²) in [6.07, 6.45) is 0.349. The second kappa shape index (κ2) is 14.6. The third-order valence-corrected chi connectivity index (χ3v) is 4.68. The molecule has 0 spiro atoms. The number of benzene rings is 3. The number of aromatic carboxylic acids is 1. The summed E-state index contributed by atoms with van der Waals surface area (Å²) in [5.74, 6) is -6.37. The van der Waals surface area contributed by atoms with Crippen molar-refractivity contribution in [3.05, 3.63) is 88.0 Å². The molecule has 0 saturated carbocycles. The number of carbonyl (C=O) groups is 1. The molecule has 37 heavy (non-hydrogen) atoms. The zero-order valence-corrected chi connectivity index (χ0v) is 20.2. The lowest BCUT2D eigenvalue weighted by Crippen LogP contribution is -2.04. The molecule has 0 unspecified atom stereocenters. The Morgan fingerprint density at radius 2 is 0.946 bits per heavy atom. The summed E-state index contributed by atoms with van der Waals surface area (Å²) in [7, 11) is 3.92. The zero-order chi connectivity index (χ0) is 28.3. The van der Waals surface area contributed by atoms with E-state index in [1.165, 1.54) is 33.5 Å². The van der Waals surface area contributed by atoms with Gasteiger partial charge in [0.1, 0.15) is 57.7 Å². The molecule has 202 valence electrons. The molecule has 0 aliphatic carbocycles. The van der Waals surface area contributed by atoms with Crippen LogP contribution in [0.3, 0.4) is 0 Å². The SMILES string of the molecule is CCc1c(F)cc(OC)cc1F.COc1cc(F)c(C(=O)O)c(F)c1.COc1cc(F)c(CO)c(F)c1. The largest absolute Gasteiger partial charge is 0.497 e. The van der Waals surface area contributed by atoms with E-state index in [0.29, 0.717) is 6.42 Å². The van der Waals surface area contributed by atoms with Gasteiger partial charge in [0.15, 0.2) is 0 Å². The Balaban J connectivity index is 0.000000278. The van der Waals surface area contributed by atoms with E-state index >= 15 is 0 Å². The van der Waals surface area contributed by atoms with E-state index in [0.717, 1.165) is 24.3 Å². The number of aliphatic hydroxyl groups excluding tert-OH is 1. The van der Waals surface area contributed by atoms with Gasteiger partial charge in [0.05, 0.1) is 27.9 Å². The normalized spacial score (nSPS) is 9.92. The van der Waals surface area contributed by atoms with Gasteiger partial charge in [0, 0.05) is 47.5 Å². The predicted octanol–water partition coefficient (Wildman–Crippen LogP) is 5.67. The lowest BCUT2D eigenvalue weighted by molar-refractivity contribution is 0.0686. The van der Waals surface area contributed by atoms with Crippen molar-refractivity contribution in [1.29, 1.82) is 0 Å². The molecule has 0 fully saturated rings. The molecule has 2 N–H and O–H groups in total. The first-order chi connectivity index (χ1) is 17.4. The third kappa shape index (κ3) is 8.60. The highest BCUT2D eigenvalue weighted by Crippen LogP contribution is 2.22. The number of carboxylic acid groups (broad SMARTS) is 1. The van der Waals surface area contributed by atoms with E-state index in [1.54, 1.807) is 6.92 Å². The van der Waals surface area contributed by atoms with Gasteiger partial charge in [-0.15, -0.1) is 0 Å². The van der Waals surface area contributed by atoms with E-state index in [-0.39, 0.29) is 28.4 Å². The van der Waals surface area contributed by atoms with Crippen molar-refractivity contribution in [3.8, 4) is 17.2 Å². The number of hydrogen-bond donors (Lipinski definition) is 2. The molecular weight excluding hydrogens is 510 g/mol. The van der Waals surface area contributed by atoms with Crippen molar-refractivity contribution < 1.29 is 55.6 Å². The minimum atomic E-state index is -1.64. The fourth-order valence-electron chi connectivity index (χ4n) is 2.76. The molecule has 3 aromatic carbocycles. The van der Waals surface area contributed by atoms with E-state index in [9.17, 15) is 31.1 Å². The summed E-state index contributed by atoms with van der Waals surface area (Å²) in [6, 6.07) is 6.03. The first-order valence-electron chi connectivity index (χ1n) is 10.3. The molecule has 0 radical (unpaired) electrons. The lowest BCUT2D eigenvalue weighted by Gasteiger charge is -2.04. The highest BCUT2D eigenvalue weighted by atomic mass is 19.2. The van der Waals surface area contributed by atoms with Crippen LogP contribution in [-0.4, -0.2) is 37.5 Å². The summed E-state index contributed by atoms with van der Waals surface area (Å²) in [4.78, 5) is 10.3. The molecule has 0 amide bonds. The number of carboxylic acids is 1. The van der Waals surface area contributed by atoms with Crippen LogP contribution in [-0.2, 0) is 13.0 Å². The van der Waals surface area contributed by atoms with Crippen molar-refractivity contribution in [2.45, 2.75) is 20.0 Å². The number of halogens is 6. The first kappa shape index (κ1) is 31.1. The Labute approximate surface area is 208 Å². The number of rotatable bonds is 6. The van der Waals surface area contributed by atoms with Gasteiger partial charge in [-0.25, -0.2) is 31.1 Å². The molecule has 0 aliphatic rings. The Bertz CT molecular complexity index is 1090. The highest BCUT2D eigenvalue weighted by Gasteiger charge is 2.17. The van der Waals surface area contributed by atoms with Crippen LogP contribution in [0.5, 0.6) is 17.2 Å². The number of ether oxygens (including phenoxy) is 3. The maximum Gasteiger partial charge on any atom is 0.341 e. The fraction of sp³-hybridized carbons (Fsp3) is 0.240. The Morgan fingerprint density at radius 3 is 1.19 bits per heavy atom. The topological polar surface area (TPSA) is 85.2 Å². The number of hydrogen-bond acceptors (Lipinski definition) is 5. The molecule has 6 nitrogen and oxygen atoms in total. The van der Waals surface area contributed by atoms with Gasteiger partial charge in [-0.05, 0) is 6.42 Å².